The van der Waals surface area contributed by atoms with E-state index in [1.807, 2.05) is 47.4 Å². The van der Waals surface area contributed by atoms with Gasteiger partial charge in [0.1, 0.15) is 5.75 Å². The van der Waals surface area contributed by atoms with Crippen LogP contribution in [0.3, 0.4) is 0 Å². The van der Waals surface area contributed by atoms with Gasteiger partial charge in [0.2, 0.25) is 0 Å². The van der Waals surface area contributed by atoms with Gasteiger partial charge in [0.05, 0.1) is 25.9 Å². The zero-order valence-electron chi connectivity index (χ0n) is 16.3. The highest BCUT2D eigenvalue weighted by Crippen LogP contribution is 2.33. The maximum Gasteiger partial charge on any atom is 0.276 e. The molecule has 3 aromatic rings. The van der Waals surface area contributed by atoms with E-state index in [0.717, 1.165) is 36.1 Å². The zero-order chi connectivity index (χ0) is 20.2. The molecule has 1 aliphatic heterocycles. The molecule has 0 unspecified atom stereocenters. The van der Waals surface area contributed by atoms with Crippen molar-refractivity contribution in [3.05, 3.63) is 76.6 Å². The third kappa shape index (κ3) is 4.43. The average molecular weight is 411 g/mol. The lowest BCUT2D eigenvalue weighted by Gasteiger charge is -2.35. The molecule has 0 spiro atoms. The molecule has 0 bridgehead atoms. The summed E-state index contributed by atoms with van der Waals surface area (Å²) in [5, 5.41) is 8.95. The van der Waals surface area contributed by atoms with Crippen molar-refractivity contribution in [2.75, 3.05) is 13.7 Å². The molecule has 29 heavy (non-hydrogen) atoms. The van der Waals surface area contributed by atoms with E-state index >= 15 is 0 Å². The summed E-state index contributed by atoms with van der Waals surface area (Å²) in [6.07, 6.45) is 4.71. The number of nitrogens with zero attached hydrogens (tertiary/aromatic N) is 4. The fraction of sp³-hybridized carbons (Fsp3) is 0.318. The van der Waals surface area contributed by atoms with Gasteiger partial charge in [-0.25, -0.2) is 4.68 Å². The number of ether oxygens (including phenoxy) is 1. The van der Waals surface area contributed by atoms with Crippen molar-refractivity contribution in [2.24, 2.45) is 0 Å². The Morgan fingerprint density at radius 1 is 1.21 bits per heavy atom. The standard InChI is InChI=1S/C22H23ClN4O2/c1-29-19-9-5-7-17(13-19)21-10-2-3-11-27(21)22(28)20-15-26(25-24-20)14-16-6-4-8-18(23)12-16/h4-9,12-13,15,21H,2-3,10-11,14H2,1H3/t21-/m0/s1. The van der Waals surface area contributed by atoms with Gasteiger partial charge < -0.3 is 9.64 Å². The number of piperidine rings is 1. The quantitative estimate of drug-likeness (QED) is 0.627. The summed E-state index contributed by atoms with van der Waals surface area (Å²) in [4.78, 5) is 15.1. The normalized spacial score (nSPS) is 16.6. The number of carbonyl (C=O) groups excluding carboxylic acids is 1. The number of halogens is 1. The SMILES string of the molecule is COc1cccc([C@@H]2CCCCN2C(=O)c2cn(Cc3cccc(Cl)c3)nn2)c1. The minimum absolute atomic E-state index is 0.0180. The Morgan fingerprint density at radius 2 is 2.07 bits per heavy atom. The van der Waals surface area contributed by atoms with Crippen molar-refractivity contribution in [1.29, 1.82) is 0 Å². The van der Waals surface area contributed by atoms with Crippen LogP contribution in [0, 0.1) is 0 Å². The van der Waals surface area contributed by atoms with E-state index in [9.17, 15) is 4.79 Å². The van der Waals surface area contributed by atoms with Gasteiger partial charge >= 0.3 is 0 Å². The smallest absolute Gasteiger partial charge is 0.276 e. The minimum Gasteiger partial charge on any atom is -0.497 e. The van der Waals surface area contributed by atoms with Gasteiger partial charge in [-0.15, -0.1) is 5.10 Å². The van der Waals surface area contributed by atoms with Crippen LogP contribution in [-0.2, 0) is 6.54 Å². The van der Waals surface area contributed by atoms with Crippen LogP contribution in [0.4, 0.5) is 0 Å². The molecule has 2 heterocycles. The summed E-state index contributed by atoms with van der Waals surface area (Å²) in [5.41, 5.74) is 2.46. The summed E-state index contributed by atoms with van der Waals surface area (Å²) in [7, 11) is 1.65. The van der Waals surface area contributed by atoms with Crippen LogP contribution < -0.4 is 4.74 Å². The topological polar surface area (TPSA) is 60.2 Å². The number of carbonyl (C=O) groups is 1. The number of methoxy groups -OCH3 is 1. The number of hydrogen-bond acceptors (Lipinski definition) is 4. The van der Waals surface area contributed by atoms with Crippen LogP contribution >= 0.6 is 11.6 Å². The fourth-order valence-electron chi connectivity index (χ4n) is 3.81. The van der Waals surface area contributed by atoms with Crippen molar-refractivity contribution in [3.8, 4) is 5.75 Å². The van der Waals surface area contributed by atoms with Crippen molar-refractivity contribution < 1.29 is 9.53 Å². The van der Waals surface area contributed by atoms with E-state index in [1.54, 1.807) is 18.0 Å². The molecule has 2 aromatic carbocycles. The van der Waals surface area contributed by atoms with Gasteiger partial charge in [-0.3, -0.25) is 4.79 Å². The largest absolute Gasteiger partial charge is 0.497 e. The first-order valence-corrected chi connectivity index (χ1v) is 10.1. The van der Waals surface area contributed by atoms with Crippen LogP contribution in [-0.4, -0.2) is 39.5 Å². The molecule has 1 amide bonds. The second-order valence-corrected chi connectivity index (χ2v) is 7.65. The summed E-state index contributed by atoms with van der Waals surface area (Å²) in [6, 6.07) is 15.5. The number of amides is 1. The molecule has 7 heteroatoms. The van der Waals surface area contributed by atoms with E-state index < -0.39 is 0 Å². The van der Waals surface area contributed by atoms with Gasteiger partial charge in [0.15, 0.2) is 5.69 Å². The van der Waals surface area contributed by atoms with E-state index in [4.69, 9.17) is 16.3 Å². The molecule has 6 nitrogen and oxygen atoms in total. The van der Waals surface area contributed by atoms with E-state index in [2.05, 4.69) is 16.4 Å². The highest BCUT2D eigenvalue weighted by molar-refractivity contribution is 6.30. The lowest BCUT2D eigenvalue weighted by molar-refractivity contribution is 0.0605. The second-order valence-electron chi connectivity index (χ2n) is 7.22. The van der Waals surface area contributed by atoms with E-state index in [1.165, 1.54) is 0 Å². The van der Waals surface area contributed by atoms with Crippen LogP contribution in [0.2, 0.25) is 5.02 Å². The summed E-state index contributed by atoms with van der Waals surface area (Å²) >= 11 is 6.05. The lowest BCUT2D eigenvalue weighted by Crippen LogP contribution is -2.38. The Kier molecular flexibility index (Phi) is 5.81. The predicted octanol–water partition coefficient (Wildman–Crippen LogP) is 4.36. The Hall–Kier alpha value is -2.86. The molecule has 4 rings (SSSR count). The molecule has 0 saturated carbocycles. The fourth-order valence-corrected chi connectivity index (χ4v) is 4.03. The third-order valence-corrected chi connectivity index (χ3v) is 5.47. The van der Waals surface area contributed by atoms with Crippen LogP contribution in [0.25, 0.3) is 0 Å². The summed E-state index contributed by atoms with van der Waals surface area (Å²) in [5.74, 6) is 0.711. The van der Waals surface area contributed by atoms with Gasteiger partial charge in [0.25, 0.3) is 5.91 Å². The number of rotatable bonds is 5. The molecule has 1 aliphatic rings. The molecule has 150 valence electrons. The predicted molar refractivity (Wildman–Crippen MR) is 111 cm³/mol. The van der Waals surface area contributed by atoms with Gasteiger partial charge in [-0.05, 0) is 54.7 Å². The first-order valence-electron chi connectivity index (χ1n) is 9.73. The van der Waals surface area contributed by atoms with Crippen molar-refractivity contribution in [1.82, 2.24) is 19.9 Å². The zero-order valence-corrected chi connectivity index (χ0v) is 17.0. The van der Waals surface area contributed by atoms with Crippen LogP contribution in [0.15, 0.2) is 54.7 Å². The number of likely N-dealkylation sites (tertiary alicyclic amines) is 1. The maximum absolute atomic E-state index is 13.2. The molecule has 1 saturated heterocycles. The number of benzene rings is 2. The summed E-state index contributed by atoms with van der Waals surface area (Å²) < 4.78 is 7.03. The van der Waals surface area contributed by atoms with Gasteiger partial charge in [0, 0.05) is 11.6 Å². The molecule has 1 fully saturated rings. The molecular formula is C22H23ClN4O2. The number of aromatic nitrogens is 3. The Bertz CT molecular complexity index is 1000. The first-order chi connectivity index (χ1) is 14.1. The lowest BCUT2D eigenvalue weighted by atomic mass is 9.94. The highest BCUT2D eigenvalue weighted by Gasteiger charge is 2.30. The van der Waals surface area contributed by atoms with Crippen LogP contribution in [0.5, 0.6) is 5.75 Å². The molecule has 0 radical (unpaired) electrons. The van der Waals surface area contributed by atoms with Crippen LogP contribution in [0.1, 0.15) is 46.9 Å². The highest BCUT2D eigenvalue weighted by atomic mass is 35.5. The molecular weight excluding hydrogens is 388 g/mol. The number of hydrogen-bond donors (Lipinski definition) is 0. The van der Waals surface area contributed by atoms with Crippen molar-refractivity contribution >= 4 is 17.5 Å². The summed E-state index contributed by atoms with van der Waals surface area (Å²) in [6.45, 7) is 1.22. The van der Waals surface area contributed by atoms with E-state index in [0.29, 0.717) is 23.8 Å². The molecule has 0 aliphatic carbocycles. The monoisotopic (exact) mass is 410 g/mol. The molecule has 0 N–H and O–H groups in total. The van der Waals surface area contributed by atoms with Gasteiger partial charge in [-0.1, -0.05) is 41.1 Å². The maximum atomic E-state index is 13.2. The van der Waals surface area contributed by atoms with Gasteiger partial charge in [-0.2, -0.15) is 0 Å². The van der Waals surface area contributed by atoms with Crippen molar-refractivity contribution in [3.63, 3.8) is 0 Å². The first kappa shape index (κ1) is 19.5. The molecule has 1 atom stereocenters. The Labute approximate surface area is 175 Å². The molecule has 1 aromatic heterocycles. The van der Waals surface area contributed by atoms with Crippen molar-refractivity contribution in [2.45, 2.75) is 31.8 Å². The average Bonchev–Trinajstić information content (AvgIpc) is 3.21. The Balaban J connectivity index is 1.53. The second kappa shape index (κ2) is 8.66. The Morgan fingerprint density at radius 3 is 2.90 bits per heavy atom. The van der Waals surface area contributed by atoms with E-state index in [-0.39, 0.29) is 11.9 Å². The minimum atomic E-state index is -0.0881. The third-order valence-electron chi connectivity index (χ3n) is 5.23.